The molecule has 5 heteroatoms. The number of aromatic hydroxyl groups is 1. The summed E-state index contributed by atoms with van der Waals surface area (Å²) in [7, 11) is 0. The number of nitrogens with zero attached hydrogens (tertiary/aromatic N) is 1. The molecule has 0 spiro atoms. The molecule has 1 fully saturated rings. The molecule has 1 aromatic rings. The highest BCUT2D eigenvalue weighted by Crippen LogP contribution is 2.21. The summed E-state index contributed by atoms with van der Waals surface area (Å²) in [6.07, 6.45) is -0.112. The molecule has 1 aromatic carbocycles. The second-order valence-corrected chi connectivity index (χ2v) is 5.00. The van der Waals surface area contributed by atoms with Crippen LogP contribution in [0, 0.1) is 6.92 Å². The standard InChI is InChI=1S/C14H20N2O3/c1-9-3-4-11(5-13(9)17)14(18)16-7-12(6-15)19-8-10(16)2/h3-5,10,12,17H,6-8,15H2,1-2H3. The van der Waals surface area contributed by atoms with Gasteiger partial charge in [-0.3, -0.25) is 4.79 Å². The Labute approximate surface area is 113 Å². The number of phenolic OH excluding ortho intramolecular Hbond substituents is 1. The number of amides is 1. The van der Waals surface area contributed by atoms with Crippen LogP contribution in [0.15, 0.2) is 18.2 Å². The van der Waals surface area contributed by atoms with Crippen LogP contribution in [0.3, 0.4) is 0 Å². The zero-order valence-corrected chi connectivity index (χ0v) is 11.3. The van der Waals surface area contributed by atoms with Gasteiger partial charge in [-0.2, -0.15) is 0 Å². The topological polar surface area (TPSA) is 75.8 Å². The molecule has 1 heterocycles. The highest BCUT2D eigenvalue weighted by atomic mass is 16.5. The predicted molar refractivity (Wildman–Crippen MR) is 72.1 cm³/mol. The third-order valence-corrected chi connectivity index (χ3v) is 3.49. The molecule has 19 heavy (non-hydrogen) atoms. The Morgan fingerprint density at radius 1 is 1.58 bits per heavy atom. The third-order valence-electron chi connectivity index (χ3n) is 3.49. The van der Waals surface area contributed by atoms with Crippen molar-refractivity contribution in [1.82, 2.24) is 4.90 Å². The van der Waals surface area contributed by atoms with Gasteiger partial charge < -0.3 is 20.5 Å². The normalized spacial score (nSPS) is 23.4. The van der Waals surface area contributed by atoms with Crippen molar-refractivity contribution in [2.45, 2.75) is 26.0 Å². The number of carbonyl (C=O) groups excluding carboxylic acids is 1. The Kier molecular flexibility index (Phi) is 4.07. The van der Waals surface area contributed by atoms with Gasteiger partial charge in [0.2, 0.25) is 0 Å². The third kappa shape index (κ3) is 2.88. The van der Waals surface area contributed by atoms with Crippen LogP contribution in [-0.2, 0) is 4.74 Å². The summed E-state index contributed by atoms with van der Waals surface area (Å²) in [5.74, 6) is 0.0479. The fourth-order valence-corrected chi connectivity index (χ4v) is 2.15. The highest BCUT2D eigenvalue weighted by molar-refractivity contribution is 5.95. The van der Waals surface area contributed by atoms with E-state index < -0.39 is 0 Å². The lowest BCUT2D eigenvalue weighted by Gasteiger charge is -2.37. The second kappa shape index (κ2) is 5.59. The van der Waals surface area contributed by atoms with Gasteiger partial charge in [0.05, 0.1) is 18.8 Å². The summed E-state index contributed by atoms with van der Waals surface area (Å²) in [5.41, 5.74) is 6.84. The molecule has 2 rings (SSSR count). The molecule has 2 atom stereocenters. The summed E-state index contributed by atoms with van der Waals surface area (Å²) < 4.78 is 5.53. The lowest BCUT2D eigenvalue weighted by molar-refractivity contribution is -0.0426. The van der Waals surface area contributed by atoms with Crippen molar-refractivity contribution in [3.63, 3.8) is 0 Å². The van der Waals surface area contributed by atoms with Gasteiger partial charge in [0.25, 0.3) is 5.91 Å². The number of aryl methyl sites for hydroxylation is 1. The fourth-order valence-electron chi connectivity index (χ4n) is 2.15. The number of phenols is 1. The first kappa shape index (κ1) is 13.8. The van der Waals surface area contributed by atoms with Gasteiger partial charge in [-0.25, -0.2) is 0 Å². The molecular weight excluding hydrogens is 244 g/mol. The molecule has 1 aliphatic rings. The Hall–Kier alpha value is -1.59. The summed E-state index contributed by atoms with van der Waals surface area (Å²) in [4.78, 5) is 14.2. The maximum Gasteiger partial charge on any atom is 0.254 e. The first-order valence-electron chi connectivity index (χ1n) is 6.45. The van der Waals surface area contributed by atoms with E-state index in [1.54, 1.807) is 24.0 Å². The summed E-state index contributed by atoms with van der Waals surface area (Å²) in [6, 6.07) is 5.00. The maximum absolute atomic E-state index is 12.5. The second-order valence-electron chi connectivity index (χ2n) is 5.00. The van der Waals surface area contributed by atoms with Crippen LogP contribution in [0.4, 0.5) is 0 Å². The van der Waals surface area contributed by atoms with Crippen LogP contribution < -0.4 is 5.73 Å². The SMILES string of the molecule is Cc1ccc(C(=O)N2CC(CN)OCC2C)cc1O. The number of hydrogen-bond donors (Lipinski definition) is 2. The molecule has 1 saturated heterocycles. The van der Waals surface area contributed by atoms with Gasteiger partial charge in [-0.15, -0.1) is 0 Å². The molecule has 0 aromatic heterocycles. The van der Waals surface area contributed by atoms with Crippen LogP contribution in [0.2, 0.25) is 0 Å². The van der Waals surface area contributed by atoms with Gasteiger partial charge in [-0.05, 0) is 31.5 Å². The number of hydrogen-bond acceptors (Lipinski definition) is 4. The summed E-state index contributed by atoms with van der Waals surface area (Å²) in [6.45, 7) is 5.12. The van der Waals surface area contributed by atoms with Gasteiger partial charge in [0.15, 0.2) is 0 Å². The molecule has 3 N–H and O–H groups in total. The molecule has 5 nitrogen and oxygen atoms in total. The number of benzene rings is 1. The minimum absolute atomic E-state index is 0.0127. The Morgan fingerprint density at radius 2 is 2.32 bits per heavy atom. The van der Waals surface area contributed by atoms with Crippen molar-refractivity contribution in [2.75, 3.05) is 19.7 Å². The van der Waals surface area contributed by atoms with Crippen molar-refractivity contribution in [1.29, 1.82) is 0 Å². The maximum atomic E-state index is 12.5. The molecule has 2 unspecified atom stereocenters. The van der Waals surface area contributed by atoms with E-state index in [1.807, 2.05) is 6.92 Å². The van der Waals surface area contributed by atoms with Gasteiger partial charge in [0, 0.05) is 18.7 Å². The molecule has 1 amide bonds. The van der Waals surface area contributed by atoms with E-state index in [4.69, 9.17) is 10.5 Å². The van der Waals surface area contributed by atoms with E-state index >= 15 is 0 Å². The van der Waals surface area contributed by atoms with E-state index in [0.29, 0.717) is 25.3 Å². The first-order valence-corrected chi connectivity index (χ1v) is 6.45. The van der Waals surface area contributed by atoms with Crippen LogP contribution in [0.5, 0.6) is 5.75 Å². The molecule has 0 radical (unpaired) electrons. The highest BCUT2D eigenvalue weighted by Gasteiger charge is 2.29. The number of morpholine rings is 1. The average Bonchev–Trinajstić information content (AvgIpc) is 2.41. The van der Waals surface area contributed by atoms with Crippen molar-refractivity contribution < 1.29 is 14.6 Å². The molecule has 0 bridgehead atoms. The van der Waals surface area contributed by atoms with Gasteiger partial charge in [0.1, 0.15) is 5.75 Å². The average molecular weight is 264 g/mol. The van der Waals surface area contributed by atoms with Crippen molar-refractivity contribution >= 4 is 5.91 Å². The van der Waals surface area contributed by atoms with Crippen molar-refractivity contribution in [3.05, 3.63) is 29.3 Å². The van der Waals surface area contributed by atoms with Crippen LogP contribution in [0.25, 0.3) is 0 Å². The van der Waals surface area contributed by atoms with E-state index in [1.165, 1.54) is 6.07 Å². The first-order chi connectivity index (χ1) is 9.02. The molecule has 0 aliphatic carbocycles. The van der Waals surface area contributed by atoms with Crippen molar-refractivity contribution in [2.24, 2.45) is 5.73 Å². The summed E-state index contributed by atoms with van der Waals surface area (Å²) >= 11 is 0. The largest absolute Gasteiger partial charge is 0.508 e. The van der Waals surface area contributed by atoms with E-state index in [2.05, 4.69) is 0 Å². The zero-order valence-electron chi connectivity index (χ0n) is 11.3. The predicted octanol–water partition coefficient (Wildman–Crippen LogP) is 0.889. The Balaban J connectivity index is 2.19. The zero-order chi connectivity index (χ0) is 14.0. The monoisotopic (exact) mass is 264 g/mol. The number of ether oxygens (including phenoxy) is 1. The van der Waals surface area contributed by atoms with Crippen LogP contribution in [0.1, 0.15) is 22.8 Å². The summed E-state index contributed by atoms with van der Waals surface area (Å²) in [5, 5.41) is 9.70. The fraction of sp³-hybridized carbons (Fsp3) is 0.500. The van der Waals surface area contributed by atoms with Gasteiger partial charge >= 0.3 is 0 Å². The number of nitrogens with two attached hydrogens (primary N) is 1. The van der Waals surface area contributed by atoms with E-state index in [9.17, 15) is 9.90 Å². The van der Waals surface area contributed by atoms with Gasteiger partial charge in [-0.1, -0.05) is 6.07 Å². The molecule has 104 valence electrons. The number of carbonyl (C=O) groups is 1. The van der Waals surface area contributed by atoms with E-state index in [-0.39, 0.29) is 23.8 Å². The molecular formula is C14H20N2O3. The minimum Gasteiger partial charge on any atom is -0.508 e. The molecule has 0 saturated carbocycles. The smallest absolute Gasteiger partial charge is 0.254 e. The Morgan fingerprint density at radius 3 is 2.95 bits per heavy atom. The van der Waals surface area contributed by atoms with Crippen molar-refractivity contribution in [3.8, 4) is 5.75 Å². The van der Waals surface area contributed by atoms with E-state index in [0.717, 1.165) is 5.56 Å². The van der Waals surface area contributed by atoms with Crippen LogP contribution in [-0.4, -0.2) is 47.8 Å². The lowest BCUT2D eigenvalue weighted by Crippen LogP contribution is -2.52. The quantitative estimate of drug-likeness (QED) is 0.831. The van der Waals surface area contributed by atoms with Crippen LogP contribution >= 0.6 is 0 Å². The number of rotatable bonds is 2. The Bertz CT molecular complexity index is 476. The lowest BCUT2D eigenvalue weighted by atomic mass is 10.1. The molecule has 1 aliphatic heterocycles. The minimum atomic E-state index is -0.112.